The predicted molar refractivity (Wildman–Crippen MR) is 51.6 cm³/mol. The molecule has 2 rings (SSSR count). The zero-order valence-corrected chi connectivity index (χ0v) is 7.93. The summed E-state index contributed by atoms with van der Waals surface area (Å²) in [6, 6.07) is 4.14. The van der Waals surface area contributed by atoms with Gasteiger partial charge >= 0.3 is 6.18 Å². The first-order valence-electron chi connectivity index (χ1n) is 4.68. The van der Waals surface area contributed by atoms with Crippen molar-refractivity contribution in [2.75, 3.05) is 11.9 Å². The number of para-hydroxylation sites is 1. The second-order valence-electron chi connectivity index (χ2n) is 3.62. The quantitative estimate of drug-likeness (QED) is 0.753. The number of nitrogens with two attached hydrogens (primary N) is 1. The highest BCUT2D eigenvalue weighted by Gasteiger charge is 2.36. The third-order valence-electron chi connectivity index (χ3n) is 2.56. The Labute approximate surface area is 85.3 Å². The standard InChI is InChI=1S/C10H11F3N2/c11-10(12,13)8-3-1-2-6-4-7(5-14)15-9(6)8/h1-3,7,15H,4-5,14H2. The smallest absolute Gasteiger partial charge is 0.380 e. The van der Waals surface area contributed by atoms with Crippen LogP contribution in [0.3, 0.4) is 0 Å². The molecule has 0 amide bonds. The van der Waals surface area contributed by atoms with Crippen LogP contribution in [0.25, 0.3) is 0 Å². The average Bonchev–Trinajstić information content (AvgIpc) is 2.57. The van der Waals surface area contributed by atoms with Crippen LogP contribution in [-0.2, 0) is 12.6 Å². The van der Waals surface area contributed by atoms with E-state index >= 15 is 0 Å². The van der Waals surface area contributed by atoms with Gasteiger partial charge in [0.15, 0.2) is 0 Å². The Morgan fingerprint density at radius 2 is 2.13 bits per heavy atom. The van der Waals surface area contributed by atoms with Crippen LogP contribution in [0.1, 0.15) is 11.1 Å². The van der Waals surface area contributed by atoms with Gasteiger partial charge in [0.1, 0.15) is 0 Å². The molecule has 0 spiro atoms. The minimum absolute atomic E-state index is 0.0801. The number of benzene rings is 1. The highest BCUT2D eigenvalue weighted by molar-refractivity contribution is 5.63. The number of fused-ring (bicyclic) bond motifs is 1. The SMILES string of the molecule is NCC1Cc2cccc(C(F)(F)F)c2N1. The van der Waals surface area contributed by atoms with Crippen molar-refractivity contribution in [1.82, 2.24) is 0 Å². The van der Waals surface area contributed by atoms with E-state index in [2.05, 4.69) is 5.32 Å². The van der Waals surface area contributed by atoms with Gasteiger partial charge in [-0.25, -0.2) is 0 Å². The summed E-state index contributed by atoms with van der Waals surface area (Å²) in [7, 11) is 0. The monoisotopic (exact) mass is 216 g/mol. The van der Waals surface area contributed by atoms with Crippen LogP contribution in [0.2, 0.25) is 0 Å². The Morgan fingerprint density at radius 3 is 2.73 bits per heavy atom. The highest BCUT2D eigenvalue weighted by Crippen LogP contribution is 2.39. The number of rotatable bonds is 1. The van der Waals surface area contributed by atoms with Gasteiger partial charge in [-0.1, -0.05) is 12.1 Å². The molecular weight excluding hydrogens is 205 g/mol. The van der Waals surface area contributed by atoms with E-state index in [-0.39, 0.29) is 11.7 Å². The van der Waals surface area contributed by atoms with Gasteiger partial charge in [-0.15, -0.1) is 0 Å². The number of halogens is 3. The van der Waals surface area contributed by atoms with Gasteiger partial charge in [-0.05, 0) is 18.1 Å². The van der Waals surface area contributed by atoms with Crippen LogP contribution in [0.4, 0.5) is 18.9 Å². The van der Waals surface area contributed by atoms with Gasteiger partial charge in [-0.3, -0.25) is 0 Å². The van der Waals surface area contributed by atoms with Crippen LogP contribution in [0, 0.1) is 0 Å². The fraction of sp³-hybridized carbons (Fsp3) is 0.400. The van der Waals surface area contributed by atoms with E-state index in [1.54, 1.807) is 6.07 Å². The molecule has 1 aliphatic heterocycles. The molecule has 1 heterocycles. The lowest BCUT2D eigenvalue weighted by Gasteiger charge is -2.13. The minimum atomic E-state index is -4.30. The summed E-state index contributed by atoms with van der Waals surface area (Å²) >= 11 is 0. The maximum Gasteiger partial charge on any atom is 0.418 e. The molecule has 0 fully saturated rings. The molecule has 2 nitrogen and oxygen atoms in total. The van der Waals surface area contributed by atoms with Crippen LogP contribution in [-0.4, -0.2) is 12.6 Å². The molecule has 3 N–H and O–H groups in total. The van der Waals surface area contributed by atoms with Gasteiger partial charge in [0.25, 0.3) is 0 Å². The molecule has 0 radical (unpaired) electrons. The molecule has 0 saturated heterocycles. The summed E-state index contributed by atoms with van der Waals surface area (Å²) in [6.07, 6.45) is -3.74. The van der Waals surface area contributed by atoms with E-state index in [1.165, 1.54) is 6.07 Å². The maximum atomic E-state index is 12.6. The van der Waals surface area contributed by atoms with Crippen molar-refractivity contribution in [3.63, 3.8) is 0 Å². The Hall–Kier alpha value is -1.23. The minimum Gasteiger partial charge on any atom is -0.380 e. The third-order valence-corrected chi connectivity index (χ3v) is 2.56. The van der Waals surface area contributed by atoms with Gasteiger partial charge in [0.2, 0.25) is 0 Å². The first-order valence-corrected chi connectivity index (χ1v) is 4.68. The summed E-state index contributed by atoms with van der Waals surface area (Å²) in [5, 5.41) is 2.81. The van der Waals surface area contributed by atoms with E-state index in [1.807, 2.05) is 0 Å². The van der Waals surface area contributed by atoms with Crippen molar-refractivity contribution in [2.24, 2.45) is 5.73 Å². The van der Waals surface area contributed by atoms with E-state index in [9.17, 15) is 13.2 Å². The van der Waals surface area contributed by atoms with Crippen LogP contribution in [0.15, 0.2) is 18.2 Å². The lowest BCUT2D eigenvalue weighted by molar-refractivity contribution is -0.136. The topological polar surface area (TPSA) is 38.0 Å². The van der Waals surface area contributed by atoms with E-state index in [0.29, 0.717) is 18.5 Å². The van der Waals surface area contributed by atoms with Crippen molar-refractivity contribution in [1.29, 1.82) is 0 Å². The molecule has 1 aromatic rings. The second-order valence-corrected chi connectivity index (χ2v) is 3.62. The van der Waals surface area contributed by atoms with Crippen molar-refractivity contribution in [3.8, 4) is 0 Å². The normalized spacial score (nSPS) is 19.9. The van der Waals surface area contributed by atoms with Crippen molar-refractivity contribution >= 4 is 5.69 Å². The Morgan fingerprint density at radius 1 is 1.40 bits per heavy atom. The number of hydrogen-bond donors (Lipinski definition) is 2. The fourth-order valence-corrected chi connectivity index (χ4v) is 1.84. The van der Waals surface area contributed by atoms with Crippen LogP contribution >= 0.6 is 0 Å². The maximum absolute atomic E-state index is 12.6. The van der Waals surface area contributed by atoms with E-state index in [4.69, 9.17) is 5.73 Å². The molecule has 15 heavy (non-hydrogen) atoms. The first-order chi connectivity index (χ1) is 7.02. The summed E-state index contributed by atoms with van der Waals surface area (Å²) in [5.41, 5.74) is 5.72. The van der Waals surface area contributed by atoms with Crippen LogP contribution in [0.5, 0.6) is 0 Å². The van der Waals surface area contributed by atoms with Crippen molar-refractivity contribution in [2.45, 2.75) is 18.6 Å². The zero-order chi connectivity index (χ0) is 11.1. The first kappa shape index (κ1) is 10.3. The highest BCUT2D eigenvalue weighted by atomic mass is 19.4. The zero-order valence-electron chi connectivity index (χ0n) is 7.93. The molecule has 82 valence electrons. The number of anilines is 1. The number of alkyl halides is 3. The van der Waals surface area contributed by atoms with E-state index < -0.39 is 11.7 Å². The lowest BCUT2D eigenvalue weighted by Crippen LogP contribution is -2.26. The molecule has 1 aromatic carbocycles. The fourth-order valence-electron chi connectivity index (χ4n) is 1.84. The molecule has 0 aromatic heterocycles. The van der Waals surface area contributed by atoms with Crippen LogP contribution < -0.4 is 11.1 Å². The predicted octanol–water partition coefficient (Wildman–Crippen LogP) is 2.00. The van der Waals surface area contributed by atoms with Gasteiger partial charge in [0.05, 0.1) is 5.56 Å². The second kappa shape index (κ2) is 3.41. The largest absolute Gasteiger partial charge is 0.418 e. The Balaban J connectivity index is 2.42. The summed E-state index contributed by atoms with van der Waals surface area (Å²) in [6.45, 7) is 0.339. The van der Waals surface area contributed by atoms with Gasteiger partial charge in [-0.2, -0.15) is 13.2 Å². The number of nitrogens with one attached hydrogen (secondary N) is 1. The summed E-state index contributed by atoms with van der Waals surface area (Å²) in [4.78, 5) is 0. The summed E-state index contributed by atoms with van der Waals surface area (Å²) in [5.74, 6) is 0. The molecule has 0 saturated carbocycles. The Bertz CT molecular complexity index is 373. The molecule has 5 heteroatoms. The lowest BCUT2D eigenvalue weighted by atomic mass is 10.1. The molecule has 1 unspecified atom stereocenters. The molecule has 0 bridgehead atoms. The number of hydrogen-bond acceptors (Lipinski definition) is 2. The molecule has 1 atom stereocenters. The summed E-state index contributed by atoms with van der Waals surface area (Å²) < 4.78 is 37.8. The Kier molecular flexibility index (Phi) is 2.34. The van der Waals surface area contributed by atoms with Gasteiger partial charge < -0.3 is 11.1 Å². The molecule has 1 aliphatic rings. The average molecular weight is 216 g/mol. The van der Waals surface area contributed by atoms with Gasteiger partial charge in [0, 0.05) is 18.3 Å². The van der Waals surface area contributed by atoms with Crippen molar-refractivity contribution < 1.29 is 13.2 Å². The van der Waals surface area contributed by atoms with Crippen molar-refractivity contribution in [3.05, 3.63) is 29.3 Å². The molecule has 0 aliphatic carbocycles. The molecular formula is C10H11F3N2. The van der Waals surface area contributed by atoms with E-state index in [0.717, 1.165) is 6.07 Å². The third kappa shape index (κ3) is 1.79.